The van der Waals surface area contributed by atoms with Crippen molar-refractivity contribution in [3.05, 3.63) is 23.8 Å². The van der Waals surface area contributed by atoms with Gasteiger partial charge in [0, 0.05) is 18.5 Å². The Kier molecular flexibility index (Phi) is 5.59. The maximum atomic E-state index is 11.8. The summed E-state index contributed by atoms with van der Waals surface area (Å²) in [4.78, 5) is 11.8. The number of terminal acetylenes is 1. The van der Waals surface area contributed by atoms with E-state index >= 15 is 0 Å². The van der Waals surface area contributed by atoms with Gasteiger partial charge in [-0.2, -0.15) is 0 Å². The minimum Gasteiger partial charge on any atom is -0.492 e. The Balaban J connectivity index is 2.58. The van der Waals surface area contributed by atoms with Crippen LogP contribution < -0.4 is 15.8 Å². The predicted octanol–water partition coefficient (Wildman–Crippen LogP) is 1.81. The van der Waals surface area contributed by atoms with E-state index in [2.05, 4.69) is 11.2 Å². The van der Waals surface area contributed by atoms with E-state index in [1.807, 2.05) is 6.92 Å². The van der Waals surface area contributed by atoms with Crippen molar-refractivity contribution in [2.75, 3.05) is 18.9 Å². The molecule has 1 aromatic carbocycles. The molecule has 1 aromatic rings. The summed E-state index contributed by atoms with van der Waals surface area (Å²) in [5.41, 5.74) is 6.78. The molecule has 96 valence electrons. The molecule has 1 rings (SSSR count). The first-order valence-electron chi connectivity index (χ1n) is 5.93. The molecule has 3 N–H and O–H groups in total. The summed E-state index contributed by atoms with van der Waals surface area (Å²) in [5.74, 6) is 2.97. The van der Waals surface area contributed by atoms with E-state index in [-0.39, 0.29) is 5.91 Å². The van der Waals surface area contributed by atoms with Crippen LogP contribution in [0.15, 0.2) is 18.2 Å². The maximum absolute atomic E-state index is 11.8. The third-order valence-corrected chi connectivity index (χ3v) is 2.36. The van der Waals surface area contributed by atoms with E-state index in [9.17, 15) is 4.79 Å². The van der Waals surface area contributed by atoms with Gasteiger partial charge in [0.15, 0.2) is 0 Å². The molecule has 4 nitrogen and oxygen atoms in total. The number of hydrogen-bond donors (Lipinski definition) is 2. The van der Waals surface area contributed by atoms with Gasteiger partial charge in [-0.05, 0) is 31.5 Å². The first kappa shape index (κ1) is 13.9. The topological polar surface area (TPSA) is 64.3 Å². The van der Waals surface area contributed by atoms with Crippen molar-refractivity contribution in [2.45, 2.75) is 19.8 Å². The van der Waals surface area contributed by atoms with Gasteiger partial charge in [-0.3, -0.25) is 4.79 Å². The molecule has 0 atom stereocenters. The zero-order chi connectivity index (χ0) is 13.4. The summed E-state index contributed by atoms with van der Waals surface area (Å²) in [6.07, 6.45) is 6.56. The fourth-order valence-electron chi connectivity index (χ4n) is 1.47. The summed E-state index contributed by atoms with van der Waals surface area (Å²) in [7, 11) is 0. The van der Waals surface area contributed by atoms with Gasteiger partial charge in [0.05, 0.1) is 12.3 Å². The van der Waals surface area contributed by atoms with E-state index < -0.39 is 0 Å². The smallest absolute Gasteiger partial charge is 0.251 e. The van der Waals surface area contributed by atoms with E-state index in [4.69, 9.17) is 16.9 Å². The molecule has 18 heavy (non-hydrogen) atoms. The van der Waals surface area contributed by atoms with Gasteiger partial charge in [-0.25, -0.2) is 0 Å². The van der Waals surface area contributed by atoms with Crippen molar-refractivity contribution in [1.29, 1.82) is 0 Å². The molecule has 0 bridgehead atoms. The normalized spacial score (nSPS) is 9.56. The molecule has 0 aliphatic carbocycles. The minimum absolute atomic E-state index is 0.151. The lowest BCUT2D eigenvalue weighted by Gasteiger charge is -2.09. The second-order valence-corrected chi connectivity index (χ2v) is 3.75. The number of nitrogens with one attached hydrogen (secondary N) is 1. The number of nitrogens with two attached hydrogens (primary N) is 1. The Morgan fingerprint density at radius 3 is 2.94 bits per heavy atom. The Bertz CT molecular complexity index is 450. The molecule has 0 aliphatic rings. The van der Waals surface area contributed by atoms with Gasteiger partial charge in [0.1, 0.15) is 5.75 Å². The van der Waals surface area contributed by atoms with Crippen molar-refractivity contribution in [3.8, 4) is 18.1 Å². The van der Waals surface area contributed by atoms with Crippen LogP contribution in [0.5, 0.6) is 5.75 Å². The van der Waals surface area contributed by atoms with Crippen molar-refractivity contribution in [3.63, 3.8) is 0 Å². The van der Waals surface area contributed by atoms with Crippen LogP contribution in [0, 0.1) is 12.3 Å². The summed E-state index contributed by atoms with van der Waals surface area (Å²) < 4.78 is 5.31. The number of anilines is 1. The average molecular weight is 246 g/mol. The highest BCUT2D eigenvalue weighted by Gasteiger charge is 2.07. The molecular formula is C14H18N2O2. The first-order chi connectivity index (χ1) is 8.69. The van der Waals surface area contributed by atoms with Crippen LogP contribution >= 0.6 is 0 Å². The molecular weight excluding hydrogens is 228 g/mol. The van der Waals surface area contributed by atoms with Crippen molar-refractivity contribution in [2.24, 2.45) is 0 Å². The predicted molar refractivity (Wildman–Crippen MR) is 72.4 cm³/mol. The lowest BCUT2D eigenvalue weighted by molar-refractivity contribution is 0.0953. The van der Waals surface area contributed by atoms with Crippen LogP contribution in [-0.2, 0) is 0 Å². The number of ether oxygens (including phenoxy) is 1. The van der Waals surface area contributed by atoms with Crippen LogP contribution in [0.3, 0.4) is 0 Å². The molecule has 0 radical (unpaired) electrons. The standard InChI is InChI=1S/C14H18N2O2/c1-3-5-6-9-16-14(17)11-7-8-13(18-4-2)12(15)10-11/h1,7-8,10H,4-6,9,15H2,2H3,(H,16,17). The largest absolute Gasteiger partial charge is 0.492 e. The molecule has 1 amide bonds. The quantitative estimate of drug-likeness (QED) is 0.457. The number of hydrogen-bond acceptors (Lipinski definition) is 3. The highest BCUT2D eigenvalue weighted by atomic mass is 16.5. The second kappa shape index (κ2) is 7.23. The van der Waals surface area contributed by atoms with Crippen molar-refractivity contribution >= 4 is 11.6 Å². The zero-order valence-electron chi connectivity index (χ0n) is 10.5. The Labute approximate surface area is 108 Å². The highest BCUT2D eigenvalue weighted by molar-refractivity contribution is 5.95. The first-order valence-corrected chi connectivity index (χ1v) is 5.93. The molecule has 0 heterocycles. The number of nitrogen functional groups attached to an aromatic ring is 1. The Hall–Kier alpha value is -2.15. The third-order valence-electron chi connectivity index (χ3n) is 2.36. The number of benzene rings is 1. The van der Waals surface area contributed by atoms with Crippen LogP contribution in [0.25, 0.3) is 0 Å². The number of unbranched alkanes of at least 4 members (excludes halogenated alkanes) is 1. The van der Waals surface area contributed by atoms with E-state index in [0.717, 1.165) is 6.42 Å². The van der Waals surface area contributed by atoms with Gasteiger partial charge < -0.3 is 15.8 Å². The number of amides is 1. The van der Waals surface area contributed by atoms with Gasteiger partial charge in [0.2, 0.25) is 0 Å². The van der Waals surface area contributed by atoms with Gasteiger partial charge in [-0.15, -0.1) is 12.3 Å². The van der Waals surface area contributed by atoms with Crippen molar-refractivity contribution < 1.29 is 9.53 Å². The monoisotopic (exact) mass is 246 g/mol. The van der Waals surface area contributed by atoms with Gasteiger partial charge >= 0.3 is 0 Å². The van der Waals surface area contributed by atoms with Crippen LogP contribution in [0.2, 0.25) is 0 Å². The van der Waals surface area contributed by atoms with Crippen LogP contribution in [-0.4, -0.2) is 19.1 Å². The molecule has 4 heteroatoms. The Morgan fingerprint density at radius 2 is 2.33 bits per heavy atom. The molecule has 0 unspecified atom stereocenters. The highest BCUT2D eigenvalue weighted by Crippen LogP contribution is 2.22. The molecule has 0 spiro atoms. The average Bonchev–Trinajstić information content (AvgIpc) is 2.37. The summed E-state index contributed by atoms with van der Waals surface area (Å²) in [6, 6.07) is 5.01. The fourth-order valence-corrected chi connectivity index (χ4v) is 1.47. The number of carbonyl (C=O) groups is 1. The van der Waals surface area contributed by atoms with Gasteiger partial charge in [-0.1, -0.05) is 0 Å². The second-order valence-electron chi connectivity index (χ2n) is 3.75. The maximum Gasteiger partial charge on any atom is 0.251 e. The molecule has 0 fully saturated rings. The van der Waals surface area contributed by atoms with Gasteiger partial charge in [0.25, 0.3) is 5.91 Å². The van der Waals surface area contributed by atoms with Crippen molar-refractivity contribution in [1.82, 2.24) is 5.32 Å². The summed E-state index contributed by atoms with van der Waals surface area (Å²) >= 11 is 0. The third kappa shape index (κ3) is 4.02. The number of rotatable bonds is 6. The van der Waals surface area contributed by atoms with Crippen LogP contribution in [0.1, 0.15) is 30.1 Å². The van der Waals surface area contributed by atoms with E-state index in [1.165, 1.54) is 0 Å². The number of carbonyl (C=O) groups excluding carboxylic acids is 1. The zero-order valence-corrected chi connectivity index (χ0v) is 10.5. The molecule has 0 aliphatic heterocycles. The lowest BCUT2D eigenvalue weighted by Crippen LogP contribution is -2.24. The van der Waals surface area contributed by atoms with E-state index in [0.29, 0.717) is 36.6 Å². The molecule has 0 aromatic heterocycles. The minimum atomic E-state index is -0.151. The summed E-state index contributed by atoms with van der Waals surface area (Å²) in [6.45, 7) is 2.99. The fraction of sp³-hybridized carbons (Fsp3) is 0.357. The molecule has 0 saturated heterocycles. The van der Waals surface area contributed by atoms with Crippen LogP contribution in [0.4, 0.5) is 5.69 Å². The molecule has 0 saturated carbocycles. The lowest BCUT2D eigenvalue weighted by atomic mass is 10.1. The summed E-state index contributed by atoms with van der Waals surface area (Å²) in [5, 5.41) is 2.78. The SMILES string of the molecule is C#CCCCNC(=O)c1ccc(OCC)c(N)c1. The van der Waals surface area contributed by atoms with E-state index in [1.54, 1.807) is 18.2 Å². The Morgan fingerprint density at radius 1 is 1.56 bits per heavy atom.